The molecule has 0 amide bonds. The number of thioether (sulfide) groups is 1. The van der Waals surface area contributed by atoms with Crippen LogP contribution in [0.1, 0.15) is 13.8 Å². The van der Waals surface area contributed by atoms with Gasteiger partial charge in [-0.25, -0.2) is 4.98 Å². The second-order valence-electron chi connectivity index (χ2n) is 2.75. The molecular formula is C8H11NO2S2. The highest BCUT2D eigenvalue weighted by atomic mass is 32.2. The van der Waals surface area contributed by atoms with Crippen LogP contribution in [0.15, 0.2) is 15.9 Å². The van der Waals surface area contributed by atoms with Gasteiger partial charge in [0.25, 0.3) is 0 Å². The predicted octanol–water partition coefficient (Wildman–Crippen LogP) is 2.34. The molecule has 13 heavy (non-hydrogen) atoms. The normalized spacial score (nSPS) is 15.2. The fourth-order valence-electron chi connectivity index (χ4n) is 0.730. The van der Waals surface area contributed by atoms with Gasteiger partial charge in [-0.05, 0) is 0 Å². The Kier molecular flexibility index (Phi) is 3.74. The molecule has 5 heteroatoms. The zero-order chi connectivity index (χ0) is 9.84. The summed E-state index contributed by atoms with van der Waals surface area (Å²) in [5.74, 6) is -1.09. The second-order valence-corrected chi connectivity index (χ2v) is 5.27. The van der Waals surface area contributed by atoms with Gasteiger partial charge < -0.3 is 5.11 Å². The molecule has 2 atom stereocenters. The Morgan fingerprint density at radius 3 is 2.85 bits per heavy atom. The summed E-state index contributed by atoms with van der Waals surface area (Å²) in [4.78, 5) is 14.7. The van der Waals surface area contributed by atoms with Crippen molar-refractivity contribution < 1.29 is 9.90 Å². The van der Waals surface area contributed by atoms with Gasteiger partial charge in [-0.3, -0.25) is 4.79 Å². The third kappa shape index (κ3) is 3.00. The first-order chi connectivity index (χ1) is 6.11. The van der Waals surface area contributed by atoms with Crippen LogP contribution in [-0.4, -0.2) is 21.3 Å². The molecule has 1 aromatic rings. The van der Waals surface area contributed by atoms with E-state index in [0.29, 0.717) is 0 Å². The van der Waals surface area contributed by atoms with Crippen molar-refractivity contribution in [3.05, 3.63) is 11.6 Å². The van der Waals surface area contributed by atoms with Gasteiger partial charge in [-0.2, -0.15) is 0 Å². The largest absolute Gasteiger partial charge is 0.481 e. The van der Waals surface area contributed by atoms with E-state index in [1.165, 1.54) is 23.1 Å². The number of carbonyl (C=O) groups is 1. The highest BCUT2D eigenvalue weighted by Crippen LogP contribution is 2.29. The third-order valence-corrected chi connectivity index (χ3v) is 4.02. The summed E-state index contributed by atoms with van der Waals surface area (Å²) in [6.07, 6.45) is 1.73. The second kappa shape index (κ2) is 4.62. The van der Waals surface area contributed by atoms with E-state index in [2.05, 4.69) is 4.98 Å². The molecule has 0 saturated carbocycles. The first-order valence-corrected chi connectivity index (χ1v) is 5.66. The summed E-state index contributed by atoms with van der Waals surface area (Å²) in [6.45, 7) is 3.62. The molecule has 0 bridgehead atoms. The molecule has 72 valence electrons. The van der Waals surface area contributed by atoms with Crippen LogP contribution in [0.25, 0.3) is 0 Å². The van der Waals surface area contributed by atoms with Crippen molar-refractivity contribution in [3.63, 3.8) is 0 Å². The molecular weight excluding hydrogens is 206 g/mol. The maximum Gasteiger partial charge on any atom is 0.307 e. The monoisotopic (exact) mass is 217 g/mol. The lowest BCUT2D eigenvalue weighted by Gasteiger charge is -2.13. The molecule has 1 rings (SSSR count). The van der Waals surface area contributed by atoms with E-state index in [9.17, 15) is 4.79 Å². The molecule has 0 aromatic carbocycles. The highest BCUT2D eigenvalue weighted by Gasteiger charge is 2.20. The lowest BCUT2D eigenvalue weighted by Crippen LogP contribution is -2.19. The number of aliphatic carboxylic acids is 1. The molecule has 0 aliphatic carbocycles. The van der Waals surface area contributed by atoms with Crippen LogP contribution >= 0.6 is 23.1 Å². The van der Waals surface area contributed by atoms with Crippen molar-refractivity contribution in [1.82, 2.24) is 4.98 Å². The van der Waals surface area contributed by atoms with Crippen LogP contribution in [-0.2, 0) is 4.79 Å². The Bertz CT molecular complexity index is 274. The standard InChI is InChI=1S/C8H11NO2S2/c1-5(7(10)11)6(2)13-8-9-3-4-12-8/h3-6H,1-2H3,(H,10,11). The van der Waals surface area contributed by atoms with Crippen LogP contribution in [0.4, 0.5) is 0 Å². The number of carboxylic acids is 1. The van der Waals surface area contributed by atoms with E-state index in [1.54, 1.807) is 13.1 Å². The first kappa shape index (κ1) is 10.5. The van der Waals surface area contributed by atoms with Gasteiger partial charge in [-0.15, -0.1) is 11.3 Å². The van der Waals surface area contributed by atoms with Gasteiger partial charge in [0.2, 0.25) is 0 Å². The van der Waals surface area contributed by atoms with Crippen LogP contribution < -0.4 is 0 Å². The highest BCUT2D eigenvalue weighted by molar-refractivity contribution is 8.01. The maximum atomic E-state index is 10.6. The summed E-state index contributed by atoms with van der Waals surface area (Å²) in [5, 5.41) is 10.7. The minimum absolute atomic E-state index is 0.0589. The Labute approximate surface area is 85.2 Å². The number of thiazole rings is 1. The third-order valence-electron chi connectivity index (χ3n) is 1.79. The average molecular weight is 217 g/mol. The molecule has 0 aliphatic rings. The zero-order valence-electron chi connectivity index (χ0n) is 7.43. The van der Waals surface area contributed by atoms with Crippen LogP contribution in [0, 0.1) is 5.92 Å². The predicted molar refractivity (Wildman–Crippen MR) is 54.2 cm³/mol. The topological polar surface area (TPSA) is 50.2 Å². The van der Waals surface area contributed by atoms with Crippen molar-refractivity contribution >= 4 is 29.1 Å². The quantitative estimate of drug-likeness (QED) is 0.786. The van der Waals surface area contributed by atoms with Crippen LogP contribution in [0.2, 0.25) is 0 Å². The number of aromatic nitrogens is 1. The molecule has 1 aromatic heterocycles. The van der Waals surface area contributed by atoms with Gasteiger partial charge in [-0.1, -0.05) is 25.6 Å². The maximum absolute atomic E-state index is 10.6. The summed E-state index contributed by atoms with van der Waals surface area (Å²) in [7, 11) is 0. The number of rotatable bonds is 4. The van der Waals surface area contributed by atoms with Gasteiger partial charge in [0.1, 0.15) is 4.34 Å². The van der Waals surface area contributed by atoms with Crippen molar-refractivity contribution in [3.8, 4) is 0 Å². The smallest absolute Gasteiger partial charge is 0.307 e. The number of nitrogens with zero attached hydrogens (tertiary/aromatic N) is 1. The van der Waals surface area contributed by atoms with Crippen LogP contribution in [0.3, 0.4) is 0 Å². The van der Waals surface area contributed by atoms with Crippen LogP contribution in [0.5, 0.6) is 0 Å². The Hall–Kier alpha value is -0.550. The van der Waals surface area contributed by atoms with Crippen molar-refractivity contribution in [2.45, 2.75) is 23.4 Å². The van der Waals surface area contributed by atoms with Gasteiger partial charge >= 0.3 is 5.97 Å². The van der Waals surface area contributed by atoms with Gasteiger partial charge in [0.15, 0.2) is 0 Å². The zero-order valence-corrected chi connectivity index (χ0v) is 9.06. The lowest BCUT2D eigenvalue weighted by molar-refractivity contribution is -0.140. The summed E-state index contributed by atoms with van der Waals surface area (Å²) >= 11 is 3.05. The first-order valence-electron chi connectivity index (χ1n) is 3.90. The molecule has 0 aliphatic heterocycles. The molecule has 0 spiro atoms. The summed E-state index contributed by atoms with van der Waals surface area (Å²) in [6, 6.07) is 0. The van der Waals surface area contributed by atoms with E-state index in [0.717, 1.165) is 4.34 Å². The molecule has 2 unspecified atom stereocenters. The number of hydrogen-bond donors (Lipinski definition) is 1. The molecule has 0 saturated heterocycles. The van der Waals surface area contributed by atoms with Crippen molar-refractivity contribution in [1.29, 1.82) is 0 Å². The van der Waals surface area contributed by atoms with E-state index >= 15 is 0 Å². The average Bonchev–Trinajstić information content (AvgIpc) is 2.55. The molecule has 1 heterocycles. The lowest BCUT2D eigenvalue weighted by atomic mass is 10.1. The minimum Gasteiger partial charge on any atom is -0.481 e. The number of carboxylic acid groups (broad SMARTS) is 1. The van der Waals surface area contributed by atoms with E-state index in [4.69, 9.17) is 5.11 Å². The van der Waals surface area contributed by atoms with Gasteiger partial charge in [0, 0.05) is 16.8 Å². The Balaban J connectivity index is 2.50. The Morgan fingerprint density at radius 2 is 2.38 bits per heavy atom. The number of hydrogen-bond acceptors (Lipinski definition) is 4. The molecule has 3 nitrogen and oxygen atoms in total. The van der Waals surface area contributed by atoms with E-state index in [1.807, 2.05) is 12.3 Å². The molecule has 0 fully saturated rings. The fourth-order valence-corrected chi connectivity index (χ4v) is 2.69. The van der Waals surface area contributed by atoms with Gasteiger partial charge in [0.05, 0.1) is 5.92 Å². The fraction of sp³-hybridized carbons (Fsp3) is 0.500. The summed E-state index contributed by atoms with van der Waals surface area (Å²) in [5.41, 5.74) is 0. The molecule has 1 N–H and O–H groups in total. The Morgan fingerprint density at radius 1 is 1.69 bits per heavy atom. The van der Waals surface area contributed by atoms with E-state index < -0.39 is 5.97 Å². The molecule has 0 radical (unpaired) electrons. The van der Waals surface area contributed by atoms with Crippen molar-refractivity contribution in [2.24, 2.45) is 5.92 Å². The minimum atomic E-state index is -0.753. The summed E-state index contributed by atoms with van der Waals surface area (Å²) < 4.78 is 0.931. The van der Waals surface area contributed by atoms with Crippen molar-refractivity contribution in [2.75, 3.05) is 0 Å². The SMILES string of the molecule is CC(Sc1nccs1)C(C)C(=O)O. The van der Waals surface area contributed by atoms with E-state index in [-0.39, 0.29) is 11.2 Å².